The Hall–Kier alpha value is -4.25. The third-order valence-electron chi connectivity index (χ3n) is 6.41. The third-order valence-corrected chi connectivity index (χ3v) is 6.41. The Labute approximate surface area is 211 Å². The fourth-order valence-corrected chi connectivity index (χ4v) is 4.69. The molecule has 3 aromatic carbocycles. The van der Waals surface area contributed by atoms with Gasteiger partial charge in [0.2, 0.25) is 5.91 Å². The third kappa shape index (κ3) is 5.36. The summed E-state index contributed by atoms with van der Waals surface area (Å²) in [5.41, 5.74) is 4.61. The van der Waals surface area contributed by atoms with Gasteiger partial charge in [0.25, 0.3) is 0 Å². The molecule has 1 atom stereocenters. The number of nitrogens with one attached hydrogen (secondary N) is 1. The number of para-hydroxylation sites is 1. The molecule has 5 nitrogen and oxygen atoms in total. The van der Waals surface area contributed by atoms with Crippen LogP contribution in [0.2, 0.25) is 0 Å². The van der Waals surface area contributed by atoms with Crippen molar-refractivity contribution in [2.75, 3.05) is 6.61 Å². The van der Waals surface area contributed by atoms with E-state index in [9.17, 15) is 4.79 Å². The molecule has 0 fully saturated rings. The summed E-state index contributed by atoms with van der Waals surface area (Å²) in [4.78, 5) is 13.1. The average Bonchev–Trinajstić information content (AvgIpc) is 3.56. The molecular formula is C31H30N2O3. The van der Waals surface area contributed by atoms with E-state index in [1.165, 1.54) is 5.56 Å². The average molecular weight is 479 g/mol. The van der Waals surface area contributed by atoms with Gasteiger partial charge >= 0.3 is 0 Å². The first-order chi connectivity index (χ1) is 17.7. The van der Waals surface area contributed by atoms with Crippen LogP contribution in [0.3, 0.4) is 0 Å². The van der Waals surface area contributed by atoms with Gasteiger partial charge in [-0.05, 0) is 53.9 Å². The van der Waals surface area contributed by atoms with Gasteiger partial charge in [-0.25, -0.2) is 0 Å². The van der Waals surface area contributed by atoms with Gasteiger partial charge in [0.1, 0.15) is 11.5 Å². The largest absolute Gasteiger partial charge is 0.494 e. The summed E-state index contributed by atoms with van der Waals surface area (Å²) in [6.45, 7) is 3.73. The van der Waals surface area contributed by atoms with E-state index in [0.29, 0.717) is 19.6 Å². The fourth-order valence-electron chi connectivity index (χ4n) is 4.69. The fraction of sp³-hybridized carbons (Fsp3) is 0.194. The van der Waals surface area contributed by atoms with E-state index < -0.39 is 0 Å². The predicted octanol–water partition coefficient (Wildman–Crippen LogP) is 6.52. The number of ether oxygens (including phenoxy) is 1. The highest BCUT2D eigenvalue weighted by Gasteiger charge is 2.23. The summed E-state index contributed by atoms with van der Waals surface area (Å²) in [6.07, 6.45) is 4.15. The summed E-state index contributed by atoms with van der Waals surface area (Å²) in [6, 6.07) is 30.6. The summed E-state index contributed by atoms with van der Waals surface area (Å²) in [5.74, 6) is 1.43. The molecule has 5 rings (SSSR count). The molecule has 36 heavy (non-hydrogen) atoms. The highest BCUT2D eigenvalue weighted by Crippen LogP contribution is 2.36. The Morgan fingerprint density at radius 3 is 2.47 bits per heavy atom. The quantitative estimate of drug-likeness (QED) is 0.249. The Balaban J connectivity index is 1.50. The van der Waals surface area contributed by atoms with Crippen LogP contribution in [0.15, 0.2) is 108 Å². The van der Waals surface area contributed by atoms with Crippen LogP contribution in [-0.2, 0) is 17.9 Å². The van der Waals surface area contributed by atoms with Crippen LogP contribution in [0.1, 0.15) is 41.7 Å². The second-order valence-corrected chi connectivity index (χ2v) is 8.83. The van der Waals surface area contributed by atoms with Crippen LogP contribution >= 0.6 is 0 Å². The zero-order valence-corrected chi connectivity index (χ0v) is 20.4. The Bertz CT molecular complexity index is 1400. The topological polar surface area (TPSA) is 56.4 Å². The molecule has 0 spiro atoms. The Kier molecular flexibility index (Phi) is 7.17. The SMILES string of the molecule is CCOc1ccc([C@@H](CC(=O)NCc2ccco2)c2cn(Cc3ccccc3)c3ccccc23)cc1. The van der Waals surface area contributed by atoms with Crippen LogP contribution in [-0.4, -0.2) is 17.1 Å². The molecule has 182 valence electrons. The molecular weight excluding hydrogens is 448 g/mol. The second-order valence-electron chi connectivity index (χ2n) is 8.83. The number of hydrogen-bond donors (Lipinski definition) is 1. The van der Waals surface area contributed by atoms with Crippen LogP contribution < -0.4 is 10.1 Å². The summed E-state index contributed by atoms with van der Waals surface area (Å²) < 4.78 is 13.3. The van der Waals surface area contributed by atoms with Crippen LogP contribution in [0, 0.1) is 0 Å². The van der Waals surface area contributed by atoms with Gasteiger partial charge in [-0.15, -0.1) is 0 Å². The molecule has 5 aromatic rings. The van der Waals surface area contributed by atoms with Crippen molar-refractivity contribution in [1.29, 1.82) is 0 Å². The number of aromatic nitrogens is 1. The number of carbonyl (C=O) groups excluding carboxylic acids is 1. The zero-order valence-electron chi connectivity index (χ0n) is 20.4. The molecule has 0 unspecified atom stereocenters. The monoisotopic (exact) mass is 478 g/mol. The molecule has 0 saturated heterocycles. The second kappa shape index (κ2) is 11.0. The maximum absolute atomic E-state index is 13.1. The van der Waals surface area contributed by atoms with Crippen molar-refractivity contribution in [2.45, 2.75) is 32.4 Å². The number of rotatable bonds is 10. The zero-order chi connectivity index (χ0) is 24.7. The van der Waals surface area contributed by atoms with E-state index in [2.05, 4.69) is 76.7 Å². The van der Waals surface area contributed by atoms with E-state index in [4.69, 9.17) is 9.15 Å². The highest BCUT2D eigenvalue weighted by molar-refractivity contribution is 5.86. The molecule has 0 radical (unpaired) electrons. The van der Waals surface area contributed by atoms with Gasteiger partial charge in [-0.3, -0.25) is 4.79 Å². The minimum absolute atomic E-state index is 0.0230. The minimum Gasteiger partial charge on any atom is -0.494 e. The number of amides is 1. The van der Waals surface area contributed by atoms with Crippen LogP contribution in [0.25, 0.3) is 10.9 Å². The molecule has 0 aliphatic carbocycles. The van der Waals surface area contributed by atoms with E-state index in [1.54, 1.807) is 6.26 Å². The van der Waals surface area contributed by atoms with E-state index in [-0.39, 0.29) is 11.8 Å². The lowest BCUT2D eigenvalue weighted by molar-refractivity contribution is -0.121. The molecule has 0 aliphatic heterocycles. The van der Waals surface area contributed by atoms with Gasteiger partial charge in [0.05, 0.1) is 19.4 Å². The lowest BCUT2D eigenvalue weighted by Gasteiger charge is -2.18. The summed E-state index contributed by atoms with van der Waals surface area (Å²) in [7, 11) is 0. The van der Waals surface area contributed by atoms with Crippen LogP contribution in [0.5, 0.6) is 5.75 Å². The first-order valence-electron chi connectivity index (χ1n) is 12.3. The molecule has 0 saturated carbocycles. The van der Waals surface area contributed by atoms with Crippen molar-refractivity contribution < 1.29 is 13.9 Å². The Morgan fingerprint density at radius 1 is 0.944 bits per heavy atom. The molecule has 0 aliphatic rings. The Morgan fingerprint density at radius 2 is 1.72 bits per heavy atom. The van der Waals surface area contributed by atoms with Crippen molar-refractivity contribution in [3.05, 3.63) is 126 Å². The molecule has 2 heterocycles. The highest BCUT2D eigenvalue weighted by atomic mass is 16.5. The van der Waals surface area contributed by atoms with Crippen molar-refractivity contribution in [1.82, 2.24) is 9.88 Å². The van der Waals surface area contributed by atoms with Gasteiger partial charge in [0.15, 0.2) is 0 Å². The van der Waals surface area contributed by atoms with Gasteiger partial charge in [0, 0.05) is 36.0 Å². The van der Waals surface area contributed by atoms with Gasteiger partial charge in [-0.2, -0.15) is 0 Å². The molecule has 0 bridgehead atoms. The summed E-state index contributed by atoms with van der Waals surface area (Å²) >= 11 is 0. The van der Waals surface area contributed by atoms with Crippen molar-refractivity contribution in [3.63, 3.8) is 0 Å². The maximum Gasteiger partial charge on any atom is 0.221 e. The number of fused-ring (bicyclic) bond motifs is 1. The van der Waals surface area contributed by atoms with Gasteiger partial charge in [-0.1, -0.05) is 60.7 Å². The van der Waals surface area contributed by atoms with Crippen molar-refractivity contribution in [3.8, 4) is 5.75 Å². The maximum atomic E-state index is 13.1. The predicted molar refractivity (Wildman–Crippen MR) is 142 cm³/mol. The lowest BCUT2D eigenvalue weighted by Crippen LogP contribution is -2.24. The molecule has 1 N–H and O–H groups in total. The molecule has 2 aromatic heterocycles. The van der Waals surface area contributed by atoms with Crippen LogP contribution in [0.4, 0.5) is 0 Å². The number of benzene rings is 3. The smallest absolute Gasteiger partial charge is 0.221 e. The first-order valence-corrected chi connectivity index (χ1v) is 12.3. The summed E-state index contributed by atoms with van der Waals surface area (Å²) in [5, 5.41) is 4.18. The number of nitrogens with zero attached hydrogens (tertiary/aromatic N) is 1. The van der Waals surface area contributed by atoms with Crippen molar-refractivity contribution in [2.24, 2.45) is 0 Å². The number of furan rings is 1. The lowest BCUT2D eigenvalue weighted by atomic mass is 9.88. The minimum atomic E-state index is -0.112. The standard InChI is InChI=1S/C31H30N2O3/c1-2-35-25-16-14-24(15-17-25)28(19-31(34)32-20-26-11-8-18-36-26)29-22-33(21-23-9-4-3-5-10-23)30-13-7-6-12-27(29)30/h3-18,22,28H,2,19-21H2,1H3,(H,32,34)/t28-/m1/s1. The van der Waals surface area contributed by atoms with E-state index in [0.717, 1.165) is 40.1 Å². The first kappa shape index (κ1) is 23.5. The van der Waals surface area contributed by atoms with Gasteiger partial charge < -0.3 is 19.0 Å². The number of carbonyl (C=O) groups is 1. The molecule has 1 amide bonds. The normalized spacial score (nSPS) is 11.9. The van der Waals surface area contributed by atoms with E-state index >= 15 is 0 Å². The molecule has 5 heteroatoms. The van der Waals surface area contributed by atoms with E-state index in [1.807, 2.05) is 37.3 Å². The number of hydrogen-bond acceptors (Lipinski definition) is 3. The van der Waals surface area contributed by atoms with Crippen molar-refractivity contribution >= 4 is 16.8 Å².